The van der Waals surface area contributed by atoms with Crippen molar-refractivity contribution in [2.24, 2.45) is 11.3 Å². The first-order chi connectivity index (χ1) is 6.99. The van der Waals surface area contributed by atoms with Gasteiger partial charge in [-0.25, -0.2) is 4.98 Å². The van der Waals surface area contributed by atoms with Crippen LogP contribution in [0, 0.1) is 11.3 Å². The lowest BCUT2D eigenvalue weighted by atomic mass is 10.1. The Morgan fingerprint density at radius 1 is 1.67 bits per heavy atom. The third-order valence-electron chi connectivity index (χ3n) is 2.82. The summed E-state index contributed by atoms with van der Waals surface area (Å²) in [5, 5.41) is 2.89. The maximum Gasteiger partial charge on any atom is 0.228 e. The fourth-order valence-electron chi connectivity index (χ4n) is 1.62. The molecule has 3 nitrogen and oxygen atoms in total. The van der Waals surface area contributed by atoms with E-state index >= 15 is 0 Å². The van der Waals surface area contributed by atoms with E-state index in [0.717, 1.165) is 16.7 Å². The number of pyridine rings is 1. The minimum atomic E-state index is 0.109. The number of hydrogen-bond donors (Lipinski definition) is 1. The van der Waals surface area contributed by atoms with E-state index in [4.69, 9.17) is 0 Å². The highest BCUT2D eigenvalue weighted by Crippen LogP contribution is 2.51. The Balaban J connectivity index is 2.01. The Bertz CT molecular complexity index is 403. The molecule has 0 radical (unpaired) electrons. The summed E-state index contributed by atoms with van der Waals surface area (Å²) < 4.78 is 0.732. The van der Waals surface area contributed by atoms with Gasteiger partial charge in [0.15, 0.2) is 0 Å². The Hall–Kier alpha value is -0.900. The molecule has 0 bridgehead atoms. The Morgan fingerprint density at radius 2 is 2.33 bits per heavy atom. The van der Waals surface area contributed by atoms with Gasteiger partial charge in [0.1, 0.15) is 4.60 Å². The Labute approximate surface area is 97.4 Å². The second-order valence-corrected chi connectivity index (χ2v) is 5.41. The molecule has 2 rings (SSSR count). The number of rotatable bonds is 2. The van der Waals surface area contributed by atoms with Crippen LogP contribution in [0.5, 0.6) is 0 Å². The van der Waals surface area contributed by atoms with E-state index in [2.05, 4.69) is 40.1 Å². The smallest absolute Gasteiger partial charge is 0.228 e. The van der Waals surface area contributed by atoms with E-state index in [9.17, 15) is 4.79 Å². The van der Waals surface area contributed by atoms with E-state index in [1.54, 1.807) is 18.3 Å². The van der Waals surface area contributed by atoms with Gasteiger partial charge in [0.25, 0.3) is 0 Å². The van der Waals surface area contributed by atoms with E-state index in [-0.39, 0.29) is 17.2 Å². The fourth-order valence-corrected chi connectivity index (χ4v) is 1.99. The number of nitrogens with one attached hydrogen (secondary N) is 1. The van der Waals surface area contributed by atoms with Gasteiger partial charge in [0.05, 0.1) is 0 Å². The number of amides is 1. The second-order valence-electron chi connectivity index (χ2n) is 4.60. The molecule has 1 aliphatic carbocycles. The largest absolute Gasteiger partial charge is 0.326 e. The normalized spacial score (nSPS) is 22.2. The summed E-state index contributed by atoms with van der Waals surface area (Å²) in [6, 6.07) is 3.59. The highest BCUT2D eigenvalue weighted by molar-refractivity contribution is 9.10. The third-order valence-corrected chi connectivity index (χ3v) is 3.26. The lowest BCUT2D eigenvalue weighted by Crippen LogP contribution is -2.16. The van der Waals surface area contributed by atoms with Gasteiger partial charge in [0, 0.05) is 17.8 Å². The second kappa shape index (κ2) is 3.59. The molecule has 80 valence electrons. The first-order valence-corrected chi connectivity index (χ1v) is 5.71. The zero-order valence-corrected chi connectivity index (χ0v) is 10.3. The van der Waals surface area contributed by atoms with Gasteiger partial charge in [0.2, 0.25) is 5.91 Å². The van der Waals surface area contributed by atoms with E-state index in [1.165, 1.54) is 0 Å². The van der Waals surface area contributed by atoms with E-state index in [1.807, 2.05) is 0 Å². The summed E-state index contributed by atoms with van der Waals surface area (Å²) >= 11 is 3.26. The molecule has 0 saturated heterocycles. The number of hydrogen-bond acceptors (Lipinski definition) is 2. The van der Waals surface area contributed by atoms with Crippen molar-refractivity contribution in [1.82, 2.24) is 4.98 Å². The monoisotopic (exact) mass is 268 g/mol. The van der Waals surface area contributed by atoms with Gasteiger partial charge in [-0.1, -0.05) is 13.8 Å². The lowest BCUT2D eigenvalue weighted by molar-refractivity contribution is -0.117. The predicted octanol–water partition coefficient (Wildman–Crippen LogP) is 2.83. The van der Waals surface area contributed by atoms with Crippen LogP contribution >= 0.6 is 15.9 Å². The van der Waals surface area contributed by atoms with Crippen molar-refractivity contribution in [3.63, 3.8) is 0 Å². The number of carbonyl (C=O) groups is 1. The molecule has 1 fully saturated rings. The maximum atomic E-state index is 11.8. The standard InChI is InChI=1S/C11H13BrN2O/c1-11(2)6-8(11)10(15)14-7-3-4-13-9(12)5-7/h3-5,8H,6H2,1-2H3,(H,13,14,15). The molecule has 0 aromatic carbocycles. The molecule has 1 aliphatic rings. The SMILES string of the molecule is CC1(C)CC1C(=O)Nc1ccnc(Br)c1. The average molecular weight is 269 g/mol. The van der Waals surface area contributed by atoms with Crippen molar-refractivity contribution in [1.29, 1.82) is 0 Å². The van der Waals surface area contributed by atoms with Crippen LogP contribution in [0.4, 0.5) is 5.69 Å². The van der Waals surface area contributed by atoms with Gasteiger partial charge >= 0.3 is 0 Å². The van der Waals surface area contributed by atoms with E-state index < -0.39 is 0 Å². The van der Waals surface area contributed by atoms with Crippen LogP contribution < -0.4 is 5.32 Å². The van der Waals surface area contributed by atoms with Crippen molar-refractivity contribution >= 4 is 27.5 Å². The van der Waals surface area contributed by atoms with Crippen LogP contribution in [-0.4, -0.2) is 10.9 Å². The van der Waals surface area contributed by atoms with Crippen LogP contribution in [0.1, 0.15) is 20.3 Å². The zero-order valence-electron chi connectivity index (χ0n) is 8.75. The fraction of sp³-hybridized carbons (Fsp3) is 0.455. The van der Waals surface area contributed by atoms with Crippen LogP contribution in [0.15, 0.2) is 22.9 Å². The van der Waals surface area contributed by atoms with Crippen molar-refractivity contribution in [3.05, 3.63) is 22.9 Å². The van der Waals surface area contributed by atoms with E-state index in [0.29, 0.717) is 0 Å². The van der Waals surface area contributed by atoms with Gasteiger partial charge in [-0.15, -0.1) is 0 Å². The minimum absolute atomic E-state index is 0.109. The highest BCUT2D eigenvalue weighted by atomic mass is 79.9. The summed E-state index contributed by atoms with van der Waals surface area (Å²) in [6.45, 7) is 4.22. The average Bonchev–Trinajstić information content (AvgIpc) is 2.75. The molecule has 1 aromatic rings. The van der Waals surface area contributed by atoms with Gasteiger partial charge in [-0.2, -0.15) is 0 Å². The van der Waals surface area contributed by atoms with Crippen LogP contribution in [0.3, 0.4) is 0 Å². The minimum Gasteiger partial charge on any atom is -0.326 e. The summed E-state index contributed by atoms with van der Waals surface area (Å²) in [7, 11) is 0. The summed E-state index contributed by atoms with van der Waals surface area (Å²) in [5.41, 5.74) is 0.971. The number of nitrogens with zero attached hydrogens (tertiary/aromatic N) is 1. The Morgan fingerprint density at radius 3 is 2.87 bits per heavy atom. The highest BCUT2D eigenvalue weighted by Gasteiger charge is 2.50. The number of halogens is 1. The summed E-state index contributed by atoms with van der Waals surface area (Å²) in [4.78, 5) is 15.8. The molecular weight excluding hydrogens is 256 g/mol. The first kappa shape index (κ1) is 10.6. The third kappa shape index (κ3) is 2.37. The van der Waals surface area contributed by atoms with Crippen molar-refractivity contribution < 1.29 is 4.79 Å². The van der Waals surface area contributed by atoms with Crippen LogP contribution in [0.2, 0.25) is 0 Å². The molecule has 1 saturated carbocycles. The lowest BCUT2D eigenvalue weighted by Gasteiger charge is -2.06. The van der Waals surface area contributed by atoms with Crippen LogP contribution in [-0.2, 0) is 4.79 Å². The van der Waals surface area contributed by atoms with Crippen molar-refractivity contribution in [3.8, 4) is 0 Å². The van der Waals surface area contributed by atoms with Gasteiger partial charge in [-0.05, 0) is 39.9 Å². The number of aromatic nitrogens is 1. The quantitative estimate of drug-likeness (QED) is 0.839. The van der Waals surface area contributed by atoms with Gasteiger partial charge < -0.3 is 5.32 Å². The summed E-state index contributed by atoms with van der Waals surface area (Å²) in [5.74, 6) is 0.266. The molecule has 1 atom stereocenters. The molecule has 0 spiro atoms. The molecule has 1 heterocycles. The summed E-state index contributed by atoms with van der Waals surface area (Å²) in [6.07, 6.45) is 2.64. The molecular formula is C11H13BrN2O. The molecule has 15 heavy (non-hydrogen) atoms. The van der Waals surface area contributed by atoms with Crippen molar-refractivity contribution in [2.75, 3.05) is 5.32 Å². The Kier molecular flexibility index (Phi) is 2.54. The van der Waals surface area contributed by atoms with Crippen molar-refractivity contribution in [2.45, 2.75) is 20.3 Å². The zero-order chi connectivity index (χ0) is 11.1. The maximum absolute atomic E-state index is 11.8. The topological polar surface area (TPSA) is 42.0 Å². The predicted molar refractivity (Wildman–Crippen MR) is 62.5 cm³/mol. The van der Waals surface area contributed by atoms with Crippen LogP contribution in [0.25, 0.3) is 0 Å². The molecule has 1 N–H and O–H groups in total. The van der Waals surface area contributed by atoms with Gasteiger partial charge in [-0.3, -0.25) is 4.79 Å². The molecule has 1 amide bonds. The number of carbonyl (C=O) groups excluding carboxylic acids is 1. The molecule has 0 aliphatic heterocycles. The number of anilines is 1. The first-order valence-electron chi connectivity index (χ1n) is 4.91. The molecule has 4 heteroatoms. The molecule has 1 unspecified atom stereocenters. The molecule has 1 aromatic heterocycles.